The molecule has 2 unspecified atom stereocenters. The van der Waals surface area contributed by atoms with Crippen molar-refractivity contribution in [2.45, 2.75) is 44.9 Å². The first-order chi connectivity index (χ1) is 17.1. The van der Waals surface area contributed by atoms with Crippen LogP contribution in [0.15, 0.2) is 30.3 Å². The van der Waals surface area contributed by atoms with E-state index in [9.17, 15) is 22.8 Å². The van der Waals surface area contributed by atoms with Crippen molar-refractivity contribution in [3.63, 3.8) is 0 Å². The Hall–Kier alpha value is -3.54. The summed E-state index contributed by atoms with van der Waals surface area (Å²) in [6, 6.07) is 5.45. The fraction of sp³-hybridized carbons (Fsp3) is 0.375. The second kappa shape index (κ2) is 9.84. The first-order valence-corrected chi connectivity index (χ1v) is 12.0. The number of anilines is 2. The highest BCUT2D eigenvalue weighted by Gasteiger charge is 2.47. The average molecular weight is 523 g/mol. The summed E-state index contributed by atoms with van der Waals surface area (Å²) < 4.78 is 52.8. The Balaban J connectivity index is 1.65. The number of carbonyl (C=O) groups is 2. The lowest BCUT2D eigenvalue weighted by atomic mass is 9.97. The SMILES string of the molecule is CCc1c(C)sc(NC(=O)c2cc3n(n2)C(C(F)(F)F)CC(c2ccc(OC)cc2)N3)c1C(=O)OC. The van der Waals surface area contributed by atoms with Gasteiger partial charge in [-0.05, 0) is 36.6 Å². The van der Waals surface area contributed by atoms with Gasteiger partial charge in [0, 0.05) is 17.4 Å². The summed E-state index contributed by atoms with van der Waals surface area (Å²) in [6.45, 7) is 3.69. The summed E-state index contributed by atoms with van der Waals surface area (Å²) >= 11 is 1.20. The van der Waals surface area contributed by atoms with Crippen molar-refractivity contribution in [1.82, 2.24) is 9.78 Å². The monoisotopic (exact) mass is 522 g/mol. The van der Waals surface area contributed by atoms with Crippen molar-refractivity contribution in [2.24, 2.45) is 0 Å². The summed E-state index contributed by atoms with van der Waals surface area (Å²) in [7, 11) is 2.75. The first kappa shape index (κ1) is 25.5. The maximum atomic E-state index is 14.0. The molecule has 3 aromatic rings. The molecule has 192 valence electrons. The van der Waals surface area contributed by atoms with Crippen LogP contribution in [0.2, 0.25) is 0 Å². The van der Waals surface area contributed by atoms with Crippen LogP contribution < -0.4 is 15.4 Å². The molecule has 3 heterocycles. The van der Waals surface area contributed by atoms with Gasteiger partial charge in [0.05, 0.1) is 25.8 Å². The van der Waals surface area contributed by atoms with Crippen LogP contribution in [0.1, 0.15) is 62.3 Å². The second-order valence-electron chi connectivity index (χ2n) is 8.26. The zero-order valence-corrected chi connectivity index (χ0v) is 20.8. The maximum Gasteiger partial charge on any atom is 0.410 e. The fourth-order valence-corrected chi connectivity index (χ4v) is 5.45. The van der Waals surface area contributed by atoms with Crippen molar-refractivity contribution in [3.8, 4) is 5.75 Å². The van der Waals surface area contributed by atoms with E-state index in [-0.39, 0.29) is 28.5 Å². The molecule has 4 rings (SSSR count). The van der Waals surface area contributed by atoms with Gasteiger partial charge in [0.15, 0.2) is 11.7 Å². The Morgan fingerprint density at radius 2 is 1.94 bits per heavy atom. The third-order valence-corrected chi connectivity index (χ3v) is 7.18. The lowest BCUT2D eigenvalue weighted by Gasteiger charge is -2.33. The molecule has 36 heavy (non-hydrogen) atoms. The molecule has 0 bridgehead atoms. The molecular weight excluding hydrogens is 497 g/mol. The van der Waals surface area contributed by atoms with E-state index in [0.29, 0.717) is 17.7 Å². The number of amides is 1. The molecule has 1 aromatic carbocycles. The Morgan fingerprint density at radius 3 is 2.53 bits per heavy atom. The summed E-state index contributed by atoms with van der Waals surface area (Å²) in [5.74, 6) is -0.668. The molecule has 0 saturated carbocycles. The Morgan fingerprint density at radius 1 is 1.25 bits per heavy atom. The molecule has 0 radical (unpaired) electrons. The summed E-state index contributed by atoms with van der Waals surface area (Å²) in [4.78, 5) is 26.2. The normalized spacial score (nSPS) is 17.2. The lowest BCUT2D eigenvalue weighted by Crippen LogP contribution is -2.35. The standard InChI is InChI=1S/C24H25F3N4O4S/c1-5-15-12(2)36-22(20(15)23(33)35-4)29-21(32)17-11-19-28-16(13-6-8-14(34-3)9-7-13)10-18(24(25,26)27)31(19)30-17/h6-9,11,16,18,28H,5,10H2,1-4H3,(H,29,32). The van der Waals surface area contributed by atoms with E-state index in [1.54, 1.807) is 24.3 Å². The minimum atomic E-state index is -4.58. The third kappa shape index (κ3) is 4.77. The molecule has 1 aliphatic heterocycles. The van der Waals surface area contributed by atoms with Crippen LogP contribution in [-0.2, 0) is 11.2 Å². The largest absolute Gasteiger partial charge is 0.497 e. The zero-order valence-electron chi connectivity index (χ0n) is 20.0. The number of rotatable bonds is 6. The Bertz CT molecular complexity index is 1280. The molecule has 12 heteroatoms. The second-order valence-corrected chi connectivity index (χ2v) is 9.49. The predicted octanol–water partition coefficient (Wildman–Crippen LogP) is 5.52. The van der Waals surface area contributed by atoms with Gasteiger partial charge in [-0.15, -0.1) is 11.3 Å². The number of methoxy groups -OCH3 is 2. The molecular formula is C24H25F3N4O4S. The van der Waals surface area contributed by atoms with Crippen LogP contribution in [-0.4, -0.2) is 42.1 Å². The highest BCUT2D eigenvalue weighted by molar-refractivity contribution is 7.16. The van der Waals surface area contributed by atoms with Gasteiger partial charge >= 0.3 is 12.1 Å². The van der Waals surface area contributed by atoms with Crippen molar-refractivity contribution in [1.29, 1.82) is 0 Å². The zero-order chi connectivity index (χ0) is 26.2. The van der Waals surface area contributed by atoms with Gasteiger partial charge in [-0.1, -0.05) is 19.1 Å². The van der Waals surface area contributed by atoms with Gasteiger partial charge in [-0.3, -0.25) is 4.79 Å². The van der Waals surface area contributed by atoms with Crippen LogP contribution in [0.3, 0.4) is 0 Å². The van der Waals surface area contributed by atoms with Crippen LogP contribution >= 0.6 is 11.3 Å². The van der Waals surface area contributed by atoms with Gasteiger partial charge in [0.1, 0.15) is 16.6 Å². The quantitative estimate of drug-likeness (QED) is 0.414. The van der Waals surface area contributed by atoms with Crippen LogP contribution in [0.25, 0.3) is 0 Å². The van der Waals surface area contributed by atoms with Crippen molar-refractivity contribution in [3.05, 3.63) is 57.6 Å². The van der Waals surface area contributed by atoms with E-state index >= 15 is 0 Å². The average Bonchev–Trinajstić information content (AvgIpc) is 3.42. The fourth-order valence-electron chi connectivity index (χ4n) is 4.32. The number of ether oxygens (including phenoxy) is 2. The van der Waals surface area contributed by atoms with Crippen LogP contribution in [0, 0.1) is 6.92 Å². The molecule has 1 amide bonds. The number of nitrogens with one attached hydrogen (secondary N) is 2. The molecule has 1 aliphatic rings. The van der Waals surface area contributed by atoms with Gasteiger partial charge in [-0.2, -0.15) is 18.3 Å². The number of aryl methyl sites for hydroxylation is 1. The predicted molar refractivity (Wildman–Crippen MR) is 129 cm³/mol. The first-order valence-electron chi connectivity index (χ1n) is 11.2. The number of aromatic nitrogens is 2. The number of nitrogens with zero attached hydrogens (tertiary/aromatic N) is 2. The van der Waals surface area contributed by atoms with Gasteiger partial charge in [0.25, 0.3) is 5.91 Å². The minimum absolute atomic E-state index is 0.0688. The number of esters is 1. The summed E-state index contributed by atoms with van der Waals surface area (Å²) in [5, 5.41) is 9.95. The Kier molecular flexibility index (Phi) is 6.98. The highest BCUT2D eigenvalue weighted by atomic mass is 32.1. The van der Waals surface area contributed by atoms with Gasteiger partial charge in [0.2, 0.25) is 0 Å². The Labute approximate surface area is 209 Å². The van der Waals surface area contributed by atoms with Gasteiger partial charge in [-0.25, -0.2) is 9.48 Å². The molecule has 0 spiro atoms. The highest BCUT2D eigenvalue weighted by Crippen LogP contribution is 2.44. The molecule has 8 nitrogen and oxygen atoms in total. The number of fused-ring (bicyclic) bond motifs is 1. The van der Waals surface area contributed by atoms with Crippen molar-refractivity contribution in [2.75, 3.05) is 24.9 Å². The number of thiophene rings is 1. The van der Waals surface area contributed by atoms with E-state index in [2.05, 4.69) is 15.7 Å². The minimum Gasteiger partial charge on any atom is -0.497 e. The topological polar surface area (TPSA) is 94.5 Å². The number of hydrogen-bond donors (Lipinski definition) is 2. The number of carbonyl (C=O) groups excluding carboxylic acids is 2. The van der Waals surface area contributed by atoms with Crippen LogP contribution in [0.5, 0.6) is 5.75 Å². The molecule has 2 aromatic heterocycles. The van der Waals surface area contributed by atoms with Crippen molar-refractivity contribution >= 4 is 34.0 Å². The number of halogens is 3. The van der Waals surface area contributed by atoms with E-state index in [4.69, 9.17) is 9.47 Å². The molecule has 0 aliphatic carbocycles. The maximum absolute atomic E-state index is 14.0. The van der Waals surface area contributed by atoms with Gasteiger partial charge < -0.3 is 20.1 Å². The molecule has 0 fully saturated rings. The number of alkyl halides is 3. The number of hydrogen-bond acceptors (Lipinski definition) is 7. The summed E-state index contributed by atoms with van der Waals surface area (Å²) in [6.07, 6.45) is -4.34. The van der Waals surface area contributed by atoms with E-state index in [0.717, 1.165) is 15.1 Å². The van der Waals surface area contributed by atoms with Crippen LogP contribution in [0.4, 0.5) is 24.0 Å². The lowest BCUT2D eigenvalue weighted by molar-refractivity contribution is -0.173. The van der Waals surface area contributed by atoms with E-state index < -0.39 is 30.1 Å². The van der Waals surface area contributed by atoms with E-state index in [1.165, 1.54) is 31.6 Å². The summed E-state index contributed by atoms with van der Waals surface area (Å²) in [5.41, 5.74) is 1.42. The molecule has 2 N–H and O–H groups in total. The molecule has 2 atom stereocenters. The van der Waals surface area contributed by atoms with Crippen molar-refractivity contribution < 1.29 is 32.2 Å². The third-order valence-electron chi connectivity index (χ3n) is 6.12. The smallest absolute Gasteiger partial charge is 0.410 e. The van der Waals surface area contributed by atoms with E-state index in [1.807, 2.05) is 13.8 Å². The number of benzene rings is 1. The molecule has 0 saturated heterocycles.